The molecular formula is C45H67N11O8S. The van der Waals surface area contributed by atoms with Crippen LogP contribution in [0, 0.1) is 5.92 Å². The number of rotatable bonds is 19. The van der Waals surface area contributed by atoms with E-state index in [4.69, 9.17) is 17.2 Å². The topological polar surface area (TPSA) is 302 Å². The highest BCUT2D eigenvalue weighted by atomic mass is 32.2. The van der Waals surface area contributed by atoms with Gasteiger partial charge in [-0.1, -0.05) is 74.5 Å². The number of primary amides is 1. The highest BCUT2D eigenvalue weighted by Gasteiger charge is 2.34. The number of hydrogen-bond donors (Lipinski definition) is 9. The molecule has 0 saturated carbocycles. The average molecular weight is 922 g/mol. The molecular weight excluding hydrogens is 855 g/mol. The van der Waals surface area contributed by atoms with Crippen LogP contribution in [-0.4, -0.2) is 127 Å². The van der Waals surface area contributed by atoms with Crippen LogP contribution < -0.4 is 49.1 Å². The van der Waals surface area contributed by atoms with Crippen LogP contribution in [0.4, 0.5) is 0 Å². The van der Waals surface area contributed by atoms with Crippen molar-refractivity contribution in [2.75, 3.05) is 38.2 Å². The van der Waals surface area contributed by atoms with Gasteiger partial charge in [0, 0.05) is 45.3 Å². The van der Waals surface area contributed by atoms with E-state index in [0.717, 1.165) is 0 Å². The van der Waals surface area contributed by atoms with Crippen molar-refractivity contribution in [2.45, 2.75) is 108 Å². The molecule has 0 aromatic heterocycles. The monoisotopic (exact) mass is 921 g/mol. The number of nitrogens with two attached hydrogens (primary N) is 3. The minimum atomic E-state index is -1.26. The molecule has 19 nitrogen and oxygen atoms in total. The van der Waals surface area contributed by atoms with E-state index in [1.165, 1.54) is 16.7 Å². The summed E-state index contributed by atoms with van der Waals surface area (Å²) in [5, 5.41) is 16.6. The van der Waals surface area contributed by atoms with Gasteiger partial charge in [-0.05, 0) is 67.6 Å². The van der Waals surface area contributed by atoms with Gasteiger partial charge in [0.15, 0.2) is 5.96 Å². The summed E-state index contributed by atoms with van der Waals surface area (Å²) in [6.07, 6.45) is 3.13. The predicted molar refractivity (Wildman–Crippen MR) is 250 cm³/mol. The maximum absolute atomic E-state index is 14.8. The second-order valence-electron chi connectivity index (χ2n) is 16.4. The Labute approximate surface area is 385 Å². The van der Waals surface area contributed by atoms with E-state index in [1.54, 1.807) is 60.7 Å². The lowest BCUT2D eigenvalue weighted by Gasteiger charge is -2.30. The Morgan fingerprint density at radius 2 is 1.38 bits per heavy atom. The maximum atomic E-state index is 14.8. The lowest BCUT2D eigenvalue weighted by Crippen LogP contribution is -2.59. The molecule has 3 rings (SSSR count). The fraction of sp³-hybridized carbons (Fsp3) is 0.533. The molecule has 8 amide bonds. The zero-order valence-electron chi connectivity index (χ0n) is 37.6. The van der Waals surface area contributed by atoms with E-state index in [2.05, 4.69) is 36.9 Å². The van der Waals surface area contributed by atoms with Gasteiger partial charge >= 0.3 is 0 Å². The lowest BCUT2D eigenvalue weighted by molar-refractivity contribution is -0.140. The highest BCUT2D eigenvalue weighted by molar-refractivity contribution is 7.98. The predicted octanol–water partition coefficient (Wildman–Crippen LogP) is -0.247. The van der Waals surface area contributed by atoms with Gasteiger partial charge in [-0.2, -0.15) is 11.8 Å². The van der Waals surface area contributed by atoms with Crippen molar-refractivity contribution in [1.29, 1.82) is 0 Å². The standard InChI is InChI=1S/C45H67N11O8S/c1-29(2)25-34(42(62)53-32(40(46)60)20-24-65-3)52-39(59)28-56-23-12-22-49-37(57)18-10-19-38(58)51-33(17-11-21-50-45(47)48)41(61)54-35(26-30-13-6-4-7-14-30)43(63)55-36(44(56)64)27-31-15-8-5-9-16-31/h4-9,13-16,29,32-36H,10-12,17-28H2,1-3H3,(H2,46,60)(H,49,57)(H,51,58)(H,52,59)(H,53,62)(H,54,61)(H,55,63)(H4,47,48,50)/t32-,33-,34-,35+,36-/m0/s1. The number of nitrogens with zero attached hydrogens (tertiary/aromatic N) is 2. The van der Waals surface area contributed by atoms with Crippen molar-refractivity contribution >= 4 is 65.0 Å². The molecule has 0 radical (unpaired) electrons. The Morgan fingerprint density at radius 3 is 1.98 bits per heavy atom. The van der Waals surface area contributed by atoms with Crippen LogP contribution in [-0.2, 0) is 51.2 Å². The van der Waals surface area contributed by atoms with Crippen LogP contribution in [0.25, 0.3) is 0 Å². The van der Waals surface area contributed by atoms with Crippen LogP contribution in [0.3, 0.4) is 0 Å². The molecule has 2 aromatic carbocycles. The largest absolute Gasteiger partial charge is 0.370 e. The number of hydrogen-bond acceptors (Lipinski definition) is 10. The number of carbonyl (C=O) groups is 8. The Hall–Kier alpha value is -6.18. The first-order valence-corrected chi connectivity index (χ1v) is 23.4. The zero-order chi connectivity index (χ0) is 47.7. The van der Waals surface area contributed by atoms with E-state index in [9.17, 15) is 38.4 Å². The van der Waals surface area contributed by atoms with Gasteiger partial charge < -0.3 is 54.0 Å². The van der Waals surface area contributed by atoms with Gasteiger partial charge in [0.2, 0.25) is 47.3 Å². The average Bonchev–Trinajstić information content (AvgIpc) is 3.26. The fourth-order valence-corrected chi connectivity index (χ4v) is 7.56. The van der Waals surface area contributed by atoms with Crippen molar-refractivity contribution in [3.8, 4) is 0 Å². The van der Waals surface area contributed by atoms with Crippen molar-refractivity contribution in [2.24, 2.45) is 28.1 Å². The van der Waals surface area contributed by atoms with E-state index in [0.29, 0.717) is 29.7 Å². The van der Waals surface area contributed by atoms with E-state index in [1.807, 2.05) is 20.1 Å². The quantitative estimate of drug-likeness (QED) is 0.0503. The first-order valence-electron chi connectivity index (χ1n) is 22.0. The first-order chi connectivity index (χ1) is 31.1. The molecule has 2 aromatic rings. The summed E-state index contributed by atoms with van der Waals surface area (Å²) >= 11 is 1.49. The van der Waals surface area contributed by atoms with E-state index in [-0.39, 0.29) is 88.8 Å². The second-order valence-corrected chi connectivity index (χ2v) is 17.4. The van der Waals surface area contributed by atoms with Gasteiger partial charge in [0.05, 0.1) is 6.54 Å². The summed E-state index contributed by atoms with van der Waals surface area (Å²) in [4.78, 5) is 114. The van der Waals surface area contributed by atoms with Gasteiger partial charge in [0.25, 0.3) is 0 Å². The van der Waals surface area contributed by atoms with Crippen LogP contribution in [0.15, 0.2) is 65.7 Å². The minimum absolute atomic E-state index is 0.00131. The van der Waals surface area contributed by atoms with E-state index >= 15 is 0 Å². The van der Waals surface area contributed by atoms with E-state index < -0.39 is 78.1 Å². The Kier molecular flexibility index (Phi) is 23.4. The molecule has 1 heterocycles. The normalized spacial score (nSPS) is 19.2. The molecule has 356 valence electrons. The number of carbonyl (C=O) groups excluding carboxylic acids is 8. The summed E-state index contributed by atoms with van der Waals surface area (Å²) in [5.41, 5.74) is 17.9. The molecule has 1 saturated heterocycles. The molecule has 0 unspecified atom stereocenters. The van der Waals surface area contributed by atoms with Crippen molar-refractivity contribution in [1.82, 2.24) is 36.8 Å². The van der Waals surface area contributed by atoms with Gasteiger partial charge in [0.1, 0.15) is 30.2 Å². The number of nitrogens with one attached hydrogen (secondary N) is 6. The molecule has 5 atom stereocenters. The smallest absolute Gasteiger partial charge is 0.245 e. The Balaban J connectivity index is 2.03. The molecule has 0 aliphatic carbocycles. The van der Waals surface area contributed by atoms with Gasteiger partial charge in [-0.3, -0.25) is 43.3 Å². The molecule has 12 N–H and O–H groups in total. The third kappa shape index (κ3) is 20.5. The fourth-order valence-electron chi connectivity index (χ4n) is 7.09. The zero-order valence-corrected chi connectivity index (χ0v) is 38.5. The summed E-state index contributed by atoms with van der Waals surface area (Å²) < 4.78 is 0. The maximum Gasteiger partial charge on any atom is 0.245 e. The molecule has 1 aliphatic rings. The number of amides is 8. The Bertz CT molecular complexity index is 1920. The molecule has 20 heteroatoms. The second kappa shape index (κ2) is 28.6. The summed E-state index contributed by atoms with van der Waals surface area (Å²) in [5.74, 6) is -4.42. The summed E-state index contributed by atoms with van der Waals surface area (Å²) in [7, 11) is 0. The number of thioether (sulfide) groups is 1. The third-order valence-corrected chi connectivity index (χ3v) is 11.1. The van der Waals surface area contributed by atoms with Gasteiger partial charge in [-0.15, -0.1) is 0 Å². The summed E-state index contributed by atoms with van der Waals surface area (Å²) in [6.45, 7) is 3.46. The molecule has 1 aliphatic heterocycles. The minimum Gasteiger partial charge on any atom is -0.370 e. The first kappa shape index (κ1) is 53.2. The van der Waals surface area contributed by atoms with Gasteiger partial charge in [-0.25, -0.2) is 0 Å². The molecule has 0 spiro atoms. The molecule has 0 bridgehead atoms. The van der Waals surface area contributed by atoms with Crippen LogP contribution in [0.2, 0.25) is 0 Å². The number of aliphatic imine (C=N–C) groups is 1. The Morgan fingerprint density at radius 1 is 0.785 bits per heavy atom. The van der Waals surface area contributed by atoms with Crippen LogP contribution in [0.1, 0.15) is 76.3 Å². The lowest BCUT2D eigenvalue weighted by atomic mass is 10.0. The SMILES string of the molecule is CSCC[C@H](NC(=O)[C@H](CC(C)C)NC(=O)CN1CCCNC(=O)CCCC(=O)N[C@@H](CCCN=C(N)N)C(=O)N[C@H](Cc2ccccc2)C(=O)N[C@@H](Cc2ccccc2)C1=O)C(N)=O. The van der Waals surface area contributed by atoms with Crippen LogP contribution in [0.5, 0.6) is 0 Å². The molecule has 65 heavy (non-hydrogen) atoms. The number of benzene rings is 2. The number of guanidine groups is 1. The van der Waals surface area contributed by atoms with Crippen LogP contribution >= 0.6 is 11.8 Å². The van der Waals surface area contributed by atoms with Crippen molar-refractivity contribution < 1.29 is 38.4 Å². The van der Waals surface area contributed by atoms with Crippen molar-refractivity contribution in [3.05, 3.63) is 71.8 Å². The summed E-state index contributed by atoms with van der Waals surface area (Å²) in [6, 6.07) is 12.3. The molecule has 1 fully saturated rings. The highest BCUT2D eigenvalue weighted by Crippen LogP contribution is 2.13. The third-order valence-electron chi connectivity index (χ3n) is 10.4. The van der Waals surface area contributed by atoms with Crippen molar-refractivity contribution in [3.63, 3.8) is 0 Å².